The molecule has 0 atom stereocenters. The van der Waals surface area contributed by atoms with Crippen molar-refractivity contribution in [2.24, 2.45) is 5.92 Å². The first-order valence-electron chi connectivity index (χ1n) is 8.97. The number of piperidine rings is 1. The molecule has 1 aliphatic rings. The lowest BCUT2D eigenvalue weighted by Crippen LogP contribution is -2.28. The molecule has 0 radical (unpaired) electrons. The Morgan fingerprint density at radius 2 is 1.89 bits per heavy atom. The molecule has 0 bridgehead atoms. The number of benzene rings is 2. The predicted molar refractivity (Wildman–Crippen MR) is 105 cm³/mol. The highest BCUT2D eigenvalue weighted by Gasteiger charge is 2.25. The third kappa shape index (κ3) is 3.49. The van der Waals surface area contributed by atoms with Gasteiger partial charge in [-0.15, -0.1) is 0 Å². The molecule has 1 aromatic heterocycles. The summed E-state index contributed by atoms with van der Waals surface area (Å²) in [5.41, 5.74) is 1.27. The molecule has 142 valence electrons. The molecule has 0 saturated carbocycles. The predicted octanol–water partition coefficient (Wildman–Crippen LogP) is 4.21. The normalized spacial score (nSPS) is 16.1. The van der Waals surface area contributed by atoms with Crippen LogP contribution in [0.5, 0.6) is 0 Å². The van der Waals surface area contributed by atoms with E-state index >= 15 is 0 Å². The highest BCUT2D eigenvalue weighted by atomic mass is 35.5. The molecule has 1 fully saturated rings. The molecule has 1 N–H and O–H groups in total. The molecule has 3 aromatic rings. The van der Waals surface area contributed by atoms with Crippen molar-refractivity contribution in [2.75, 3.05) is 13.1 Å². The van der Waals surface area contributed by atoms with Crippen molar-refractivity contribution in [2.45, 2.75) is 24.2 Å². The first-order chi connectivity index (χ1) is 13.0. The van der Waals surface area contributed by atoms with Crippen LogP contribution in [0, 0.1) is 11.7 Å². The summed E-state index contributed by atoms with van der Waals surface area (Å²) in [6, 6.07) is 10.6. The molecular weight excluding hydrogens is 387 g/mol. The fourth-order valence-corrected chi connectivity index (χ4v) is 5.64. The number of hydrogen-bond acceptors (Lipinski definition) is 3. The first-order valence-corrected chi connectivity index (χ1v) is 10.8. The summed E-state index contributed by atoms with van der Waals surface area (Å²) in [5.74, 6) is 0.0167. The lowest BCUT2D eigenvalue weighted by atomic mass is 9.91. The van der Waals surface area contributed by atoms with Crippen LogP contribution in [0.1, 0.15) is 18.4 Å². The minimum Gasteiger partial charge on any atom is -0.317 e. The van der Waals surface area contributed by atoms with Crippen LogP contribution in [0.25, 0.3) is 10.9 Å². The van der Waals surface area contributed by atoms with Crippen LogP contribution in [0.3, 0.4) is 0 Å². The molecule has 4 nitrogen and oxygen atoms in total. The maximum atomic E-state index is 13.9. The van der Waals surface area contributed by atoms with Crippen LogP contribution in [-0.2, 0) is 16.4 Å². The van der Waals surface area contributed by atoms with E-state index in [2.05, 4.69) is 5.32 Å². The van der Waals surface area contributed by atoms with Crippen LogP contribution in [0.4, 0.5) is 4.39 Å². The second-order valence-electron chi connectivity index (χ2n) is 6.94. The SMILES string of the molecule is O=S(=O)(c1ccccc1Cl)n1cc(CC2CCNCC2)c2ccc(F)cc21. The number of hydrogen-bond donors (Lipinski definition) is 1. The van der Waals surface area contributed by atoms with E-state index in [1.807, 2.05) is 0 Å². The van der Waals surface area contributed by atoms with E-state index in [0.717, 1.165) is 43.3 Å². The highest BCUT2D eigenvalue weighted by molar-refractivity contribution is 7.90. The zero-order valence-electron chi connectivity index (χ0n) is 14.7. The van der Waals surface area contributed by atoms with Crippen molar-refractivity contribution in [1.82, 2.24) is 9.29 Å². The van der Waals surface area contributed by atoms with E-state index in [-0.39, 0.29) is 9.92 Å². The van der Waals surface area contributed by atoms with E-state index in [4.69, 9.17) is 11.6 Å². The second kappa shape index (κ2) is 7.26. The third-order valence-electron chi connectivity index (χ3n) is 5.16. The monoisotopic (exact) mass is 406 g/mol. The van der Waals surface area contributed by atoms with Gasteiger partial charge in [0, 0.05) is 11.6 Å². The van der Waals surface area contributed by atoms with Crippen LogP contribution < -0.4 is 5.32 Å². The molecule has 4 rings (SSSR count). The van der Waals surface area contributed by atoms with Crippen molar-refractivity contribution >= 4 is 32.5 Å². The first kappa shape index (κ1) is 18.5. The van der Waals surface area contributed by atoms with Gasteiger partial charge in [-0.25, -0.2) is 16.8 Å². The van der Waals surface area contributed by atoms with Gasteiger partial charge in [0.15, 0.2) is 0 Å². The van der Waals surface area contributed by atoms with Crippen molar-refractivity contribution in [1.29, 1.82) is 0 Å². The lowest BCUT2D eigenvalue weighted by molar-refractivity contribution is 0.373. The average Bonchev–Trinajstić information content (AvgIpc) is 3.01. The number of nitrogens with zero attached hydrogens (tertiary/aromatic N) is 1. The van der Waals surface area contributed by atoms with E-state index in [1.54, 1.807) is 24.4 Å². The van der Waals surface area contributed by atoms with Crippen LogP contribution in [-0.4, -0.2) is 25.5 Å². The summed E-state index contributed by atoms with van der Waals surface area (Å²) in [6.45, 7) is 1.94. The Hall–Kier alpha value is -1.89. The van der Waals surface area contributed by atoms with Gasteiger partial charge in [0.05, 0.1) is 10.5 Å². The van der Waals surface area contributed by atoms with Gasteiger partial charge in [-0.2, -0.15) is 0 Å². The Morgan fingerprint density at radius 1 is 1.15 bits per heavy atom. The zero-order chi connectivity index (χ0) is 19.0. The molecule has 1 saturated heterocycles. The largest absolute Gasteiger partial charge is 0.317 e. The zero-order valence-corrected chi connectivity index (χ0v) is 16.2. The number of halogens is 2. The molecular formula is C20H20ClFN2O2S. The van der Waals surface area contributed by atoms with E-state index in [0.29, 0.717) is 11.4 Å². The van der Waals surface area contributed by atoms with Gasteiger partial charge in [-0.3, -0.25) is 0 Å². The van der Waals surface area contributed by atoms with Gasteiger partial charge < -0.3 is 5.32 Å². The smallest absolute Gasteiger partial charge is 0.269 e. The fourth-order valence-electron chi connectivity index (χ4n) is 3.76. The molecule has 0 unspecified atom stereocenters. The molecule has 2 aromatic carbocycles. The molecule has 0 aliphatic carbocycles. The summed E-state index contributed by atoms with van der Waals surface area (Å²) in [7, 11) is -3.93. The quantitative estimate of drug-likeness (QED) is 0.706. The summed E-state index contributed by atoms with van der Waals surface area (Å²) < 4.78 is 41.5. The number of rotatable bonds is 4. The third-order valence-corrected chi connectivity index (χ3v) is 7.33. The number of nitrogens with one attached hydrogen (secondary N) is 1. The van der Waals surface area contributed by atoms with Crippen LogP contribution >= 0.6 is 11.6 Å². The molecule has 27 heavy (non-hydrogen) atoms. The maximum absolute atomic E-state index is 13.9. The van der Waals surface area contributed by atoms with Gasteiger partial charge in [0.1, 0.15) is 10.7 Å². The molecule has 7 heteroatoms. The molecule has 1 aliphatic heterocycles. The molecule has 0 amide bonds. The molecule has 0 spiro atoms. The van der Waals surface area contributed by atoms with Gasteiger partial charge in [0.2, 0.25) is 0 Å². The van der Waals surface area contributed by atoms with E-state index < -0.39 is 15.8 Å². The lowest BCUT2D eigenvalue weighted by Gasteiger charge is -2.22. The van der Waals surface area contributed by atoms with Gasteiger partial charge in [0.25, 0.3) is 10.0 Å². The Labute approximate surface area is 163 Å². The topological polar surface area (TPSA) is 51.1 Å². The Bertz CT molecular complexity index is 1090. The van der Waals surface area contributed by atoms with Crippen molar-refractivity contribution in [3.8, 4) is 0 Å². The van der Waals surface area contributed by atoms with Crippen molar-refractivity contribution < 1.29 is 12.8 Å². The van der Waals surface area contributed by atoms with Gasteiger partial charge in [-0.1, -0.05) is 23.7 Å². The van der Waals surface area contributed by atoms with E-state index in [1.165, 1.54) is 28.2 Å². The Kier molecular flexibility index (Phi) is 4.97. The number of fused-ring (bicyclic) bond motifs is 1. The second-order valence-corrected chi connectivity index (χ2v) is 9.14. The fraction of sp³-hybridized carbons (Fsp3) is 0.300. The van der Waals surface area contributed by atoms with Gasteiger partial charge >= 0.3 is 0 Å². The van der Waals surface area contributed by atoms with E-state index in [9.17, 15) is 12.8 Å². The molecule has 2 heterocycles. The average molecular weight is 407 g/mol. The Morgan fingerprint density at radius 3 is 2.63 bits per heavy atom. The van der Waals surface area contributed by atoms with Crippen molar-refractivity contribution in [3.63, 3.8) is 0 Å². The highest BCUT2D eigenvalue weighted by Crippen LogP contribution is 2.31. The van der Waals surface area contributed by atoms with Crippen LogP contribution in [0.15, 0.2) is 53.6 Å². The maximum Gasteiger partial charge on any atom is 0.269 e. The minimum atomic E-state index is -3.93. The van der Waals surface area contributed by atoms with Crippen molar-refractivity contribution in [3.05, 3.63) is 65.1 Å². The summed E-state index contributed by atoms with van der Waals surface area (Å²) in [4.78, 5) is 0.0150. The minimum absolute atomic E-state index is 0.0150. The summed E-state index contributed by atoms with van der Waals surface area (Å²) in [5, 5.41) is 4.25. The van der Waals surface area contributed by atoms with Gasteiger partial charge in [-0.05, 0) is 74.2 Å². The summed E-state index contributed by atoms with van der Waals surface area (Å²) >= 11 is 6.13. The van der Waals surface area contributed by atoms with Crippen LogP contribution in [0.2, 0.25) is 5.02 Å². The number of aromatic nitrogens is 1. The summed E-state index contributed by atoms with van der Waals surface area (Å²) in [6.07, 6.45) is 4.50. The Balaban J connectivity index is 1.85. The standard InChI is InChI=1S/C20H20ClFN2O2S/c21-18-3-1-2-4-20(18)27(25,26)24-13-15(11-14-7-9-23-10-8-14)17-6-5-16(22)12-19(17)24/h1-6,12-14,23H,7-11H2.